The number of hydrogen-bond acceptors (Lipinski definition) is 4. The molecule has 1 fully saturated rings. The van der Waals surface area contributed by atoms with E-state index in [1.54, 1.807) is 6.07 Å². The van der Waals surface area contributed by atoms with Crippen molar-refractivity contribution >= 4 is 11.6 Å². The molecule has 0 amide bonds. The van der Waals surface area contributed by atoms with Gasteiger partial charge < -0.3 is 10.6 Å². The van der Waals surface area contributed by atoms with Crippen LogP contribution in [0.1, 0.15) is 0 Å². The normalized spacial score (nSPS) is 17.6. The van der Waals surface area contributed by atoms with E-state index >= 15 is 0 Å². The summed E-state index contributed by atoms with van der Waals surface area (Å²) in [6.45, 7) is 0.826. The molecule has 64 valence electrons. The van der Waals surface area contributed by atoms with E-state index in [1.165, 1.54) is 6.33 Å². The van der Waals surface area contributed by atoms with Crippen LogP contribution in [0.5, 0.6) is 0 Å². The van der Waals surface area contributed by atoms with Crippen LogP contribution in [-0.2, 0) is 0 Å². The summed E-state index contributed by atoms with van der Waals surface area (Å²) in [5.41, 5.74) is 5.44. The number of nitrogens with two attached hydrogens (primary N) is 1. The molecule has 2 N–H and O–H groups in total. The van der Waals surface area contributed by atoms with Crippen molar-refractivity contribution in [2.75, 3.05) is 23.7 Å². The van der Waals surface area contributed by atoms with Crippen LogP contribution in [0.25, 0.3) is 0 Å². The molecule has 0 unspecified atom stereocenters. The lowest BCUT2D eigenvalue weighted by atomic mass is 10.2. The average molecular weight is 168 g/mol. The molecular weight excluding hydrogens is 159 g/mol. The first kappa shape index (κ1) is 7.27. The van der Waals surface area contributed by atoms with Gasteiger partial charge in [0.1, 0.15) is 24.1 Å². The monoisotopic (exact) mass is 168 g/mol. The summed E-state index contributed by atoms with van der Waals surface area (Å²) in [5.74, 6) is 1.12. The Kier molecular flexibility index (Phi) is 1.56. The third-order valence-electron chi connectivity index (χ3n) is 1.83. The van der Waals surface area contributed by atoms with Crippen LogP contribution in [0, 0.1) is 0 Å². The van der Waals surface area contributed by atoms with Gasteiger partial charge in [0, 0.05) is 6.07 Å². The molecule has 0 bridgehead atoms. The van der Waals surface area contributed by atoms with Crippen LogP contribution in [0.15, 0.2) is 12.4 Å². The highest BCUT2D eigenvalue weighted by Gasteiger charge is 2.27. The molecule has 2 rings (SSSR count). The van der Waals surface area contributed by atoms with Crippen LogP contribution in [0.3, 0.4) is 0 Å². The van der Waals surface area contributed by atoms with Gasteiger partial charge in [0.25, 0.3) is 0 Å². The summed E-state index contributed by atoms with van der Waals surface area (Å²) in [6.07, 6.45) is 0.664. The molecule has 4 nitrogen and oxygen atoms in total. The fourth-order valence-electron chi connectivity index (χ4n) is 1.15. The second kappa shape index (κ2) is 2.58. The summed E-state index contributed by atoms with van der Waals surface area (Å²) in [4.78, 5) is 9.53. The smallest absolute Gasteiger partial charge is 0.135 e. The van der Waals surface area contributed by atoms with Crippen LogP contribution < -0.4 is 10.6 Å². The van der Waals surface area contributed by atoms with Crippen molar-refractivity contribution in [1.82, 2.24) is 9.97 Å². The van der Waals surface area contributed by atoms with Crippen LogP contribution in [-0.4, -0.2) is 29.2 Å². The van der Waals surface area contributed by atoms with Crippen LogP contribution in [0.4, 0.5) is 16.0 Å². The number of alkyl halides is 1. The summed E-state index contributed by atoms with van der Waals surface area (Å²) in [7, 11) is 0. The molecule has 0 atom stereocenters. The van der Waals surface area contributed by atoms with Crippen molar-refractivity contribution in [2.45, 2.75) is 6.17 Å². The maximum Gasteiger partial charge on any atom is 0.135 e. The zero-order valence-corrected chi connectivity index (χ0v) is 6.44. The molecule has 0 saturated carbocycles. The van der Waals surface area contributed by atoms with E-state index in [0.29, 0.717) is 24.7 Å². The highest BCUT2D eigenvalue weighted by Crippen LogP contribution is 2.20. The van der Waals surface area contributed by atoms with Crippen molar-refractivity contribution in [3.63, 3.8) is 0 Å². The topological polar surface area (TPSA) is 55.0 Å². The number of rotatable bonds is 1. The summed E-state index contributed by atoms with van der Waals surface area (Å²) >= 11 is 0. The van der Waals surface area contributed by atoms with E-state index in [1.807, 2.05) is 4.90 Å². The van der Waals surface area contributed by atoms with Gasteiger partial charge in [-0.3, -0.25) is 0 Å². The predicted molar refractivity (Wildman–Crippen MR) is 43.6 cm³/mol. The highest BCUT2D eigenvalue weighted by molar-refractivity contribution is 5.48. The molecule has 0 aromatic carbocycles. The molecule has 1 aromatic rings. The van der Waals surface area contributed by atoms with Crippen LogP contribution in [0.2, 0.25) is 0 Å². The first-order chi connectivity index (χ1) is 5.75. The molecule has 0 radical (unpaired) electrons. The molecule has 1 aliphatic heterocycles. The quantitative estimate of drug-likeness (QED) is 0.651. The Labute approximate surface area is 69.2 Å². The van der Waals surface area contributed by atoms with Gasteiger partial charge in [0.2, 0.25) is 0 Å². The molecule has 2 heterocycles. The first-order valence-electron chi connectivity index (χ1n) is 3.72. The van der Waals surface area contributed by atoms with Gasteiger partial charge >= 0.3 is 0 Å². The molecule has 0 spiro atoms. The Hall–Kier alpha value is -1.39. The maximum absolute atomic E-state index is 12.4. The maximum atomic E-state index is 12.4. The molecule has 0 aliphatic carbocycles. The van der Waals surface area contributed by atoms with Gasteiger partial charge in [-0.25, -0.2) is 14.4 Å². The Morgan fingerprint density at radius 3 is 2.83 bits per heavy atom. The minimum atomic E-state index is -0.721. The number of hydrogen-bond donors (Lipinski definition) is 1. The minimum absolute atomic E-state index is 0.413. The van der Waals surface area contributed by atoms with Gasteiger partial charge in [-0.15, -0.1) is 0 Å². The SMILES string of the molecule is Nc1cc(N2CC(F)C2)ncn1. The van der Waals surface area contributed by atoms with E-state index < -0.39 is 6.17 Å². The lowest BCUT2D eigenvalue weighted by Crippen LogP contribution is -2.48. The molecule has 5 heteroatoms. The number of aromatic nitrogens is 2. The largest absolute Gasteiger partial charge is 0.384 e. The van der Waals surface area contributed by atoms with Crippen molar-refractivity contribution < 1.29 is 4.39 Å². The lowest BCUT2D eigenvalue weighted by Gasteiger charge is -2.35. The van der Waals surface area contributed by atoms with Gasteiger partial charge in [-0.2, -0.15) is 0 Å². The zero-order valence-electron chi connectivity index (χ0n) is 6.44. The predicted octanol–water partition coefficient (Wildman–Crippen LogP) is 0.217. The molecule has 1 aromatic heterocycles. The third kappa shape index (κ3) is 1.17. The Morgan fingerprint density at radius 2 is 2.25 bits per heavy atom. The van der Waals surface area contributed by atoms with Gasteiger partial charge in [-0.05, 0) is 0 Å². The van der Waals surface area contributed by atoms with Gasteiger partial charge in [-0.1, -0.05) is 0 Å². The Morgan fingerprint density at radius 1 is 1.50 bits per heavy atom. The first-order valence-corrected chi connectivity index (χ1v) is 3.72. The fraction of sp³-hybridized carbons (Fsp3) is 0.429. The van der Waals surface area contributed by atoms with E-state index in [2.05, 4.69) is 9.97 Å². The van der Waals surface area contributed by atoms with E-state index in [9.17, 15) is 4.39 Å². The third-order valence-corrected chi connectivity index (χ3v) is 1.83. The zero-order chi connectivity index (χ0) is 8.55. The highest BCUT2D eigenvalue weighted by atomic mass is 19.1. The van der Waals surface area contributed by atoms with Crippen molar-refractivity contribution in [2.24, 2.45) is 0 Å². The van der Waals surface area contributed by atoms with E-state index in [0.717, 1.165) is 0 Å². The van der Waals surface area contributed by atoms with Crippen molar-refractivity contribution in [3.8, 4) is 0 Å². The summed E-state index contributed by atoms with van der Waals surface area (Å²) in [6, 6.07) is 1.64. The second-order valence-electron chi connectivity index (χ2n) is 2.80. The van der Waals surface area contributed by atoms with E-state index in [4.69, 9.17) is 5.73 Å². The van der Waals surface area contributed by atoms with E-state index in [-0.39, 0.29) is 0 Å². The fourth-order valence-corrected chi connectivity index (χ4v) is 1.15. The number of nitrogens with zero attached hydrogens (tertiary/aromatic N) is 3. The summed E-state index contributed by atoms with van der Waals surface area (Å²) in [5, 5.41) is 0. The Bertz CT molecular complexity index is 284. The standard InChI is InChI=1S/C7H9FN4/c8-5-2-12(3-5)7-1-6(9)10-4-11-7/h1,4-5H,2-3H2,(H2,9,10,11). The minimum Gasteiger partial charge on any atom is -0.384 e. The Balaban J connectivity index is 2.13. The molecule has 1 saturated heterocycles. The molecule has 1 aliphatic rings. The second-order valence-corrected chi connectivity index (χ2v) is 2.80. The number of anilines is 2. The number of halogens is 1. The lowest BCUT2D eigenvalue weighted by molar-refractivity contribution is 0.273. The van der Waals surface area contributed by atoms with Crippen molar-refractivity contribution in [1.29, 1.82) is 0 Å². The van der Waals surface area contributed by atoms with Crippen LogP contribution >= 0.6 is 0 Å². The molecular formula is C7H9FN4. The summed E-state index contributed by atoms with van der Waals surface area (Å²) < 4.78 is 12.4. The van der Waals surface area contributed by atoms with Gasteiger partial charge in [0.15, 0.2) is 0 Å². The molecule has 12 heavy (non-hydrogen) atoms. The van der Waals surface area contributed by atoms with Gasteiger partial charge in [0.05, 0.1) is 13.1 Å². The van der Waals surface area contributed by atoms with Crippen molar-refractivity contribution in [3.05, 3.63) is 12.4 Å². The average Bonchev–Trinajstić information content (AvgIpc) is 1.99. The number of nitrogen functional groups attached to an aromatic ring is 1.